The average molecular weight is 260 g/mol. The van der Waals surface area contributed by atoms with Crippen LogP contribution in [0.2, 0.25) is 0 Å². The van der Waals surface area contributed by atoms with Crippen molar-refractivity contribution in [2.75, 3.05) is 0 Å². The molecular weight excluding hydrogens is 240 g/mol. The Morgan fingerprint density at radius 3 is 2.76 bits per heavy atom. The van der Waals surface area contributed by atoms with E-state index in [1.807, 2.05) is 0 Å². The topological polar surface area (TPSA) is 9.23 Å². The minimum Gasteiger partial charge on any atom is -0.465 e. The lowest BCUT2D eigenvalue weighted by Gasteiger charge is -2.12. The van der Waals surface area contributed by atoms with E-state index in [1.165, 1.54) is 40.8 Å². The second-order valence-electron chi connectivity index (χ2n) is 4.46. The quantitative estimate of drug-likeness (QED) is 0.734. The van der Waals surface area contributed by atoms with Crippen molar-refractivity contribution >= 4 is 36.2 Å². The molecule has 0 aromatic heterocycles. The van der Waals surface area contributed by atoms with Gasteiger partial charge in [-0.05, 0) is 34.4 Å². The van der Waals surface area contributed by atoms with Crippen LogP contribution in [0.5, 0.6) is 0 Å². The first-order valence-electron chi connectivity index (χ1n) is 6.35. The van der Waals surface area contributed by atoms with Crippen molar-refractivity contribution < 1.29 is 4.12 Å². The molecule has 0 heterocycles. The molecule has 0 fully saturated rings. The summed E-state index contributed by atoms with van der Waals surface area (Å²) in [4.78, 5) is 0. The minimum absolute atomic E-state index is 0.518. The van der Waals surface area contributed by atoms with Crippen LogP contribution < -0.4 is 5.19 Å². The highest BCUT2D eigenvalue weighted by atomic mass is 28.3. The monoisotopic (exact) mass is 260 g/mol. The molecule has 0 bridgehead atoms. The van der Waals surface area contributed by atoms with Gasteiger partial charge >= 0.3 is 0 Å². The van der Waals surface area contributed by atoms with Gasteiger partial charge in [-0.1, -0.05) is 49.7 Å². The molecule has 0 aliphatic rings. The molecule has 0 unspecified atom stereocenters. The third-order valence-corrected chi connectivity index (χ3v) is 5.50. The Morgan fingerprint density at radius 2 is 2.00 bits per heavy atom. The van der Waals surface area contributed by atoms with E-state index in [0.29, 0.717) is 0 Å². The molecule has 0 radical (unpaired) electrons. The molecular formula is C14H20OSi2. The molecule has 0 saturated carbocycles. The van der Waals surface area contributed by atoms with Crippen molar-refractivity contribution in [3.8, 4) is 0 Å². The van der Waals surface area contributed by atoms with Crippen LogP contribution in [-0.4, -0.2) is 20.2 Å². The lowest BCUT2D eigenvalue weighted by Crippen LogP contribution is -2.22. The van der Waals surface area contributed by atoms with Gasteiger partial charge in [0, 0.05) is 0 Å². The van der Waals surface area contributed by atoms with Crippen molar-refractivity contribution in [2.45, 2.75) is 26.2 Å². The molecule has 2 rings (SSSR count). The van der Waals surface area contributed by atoms with Crippen LogP contribution in [0.15, 0.2) is 36.4 Å². The van der Waals surface area contributed by atoms with Crippen LogP contribution in [0.1, 0.15) is 25.3 Å². The zero-order valence-electron chi connectivity index (χ0n) is 10.7. The lowest BCUT2D eigenvalue weighted by atomic mass is 10.0. The molecule has 0 atom stereocenters. The van der Waals surface area contributed by atoms with Crippen LogP contribution in [0.4, 0.5) is 0 Å². The Labute approximate surface area is 109 Å². The van der Waals surface area contributed by atoms with Gasteiger partial charge in [-0.2, -0.15) is 0 Å². The van der Waals surface area contributed by atoms with Gasteiger partial charge in [0.2, 0.25) is 0 Å². The molecule has 0 amide bonds. The molecule has 0 aliphatic heterocycles. The predicted molar refractivity (Wildman–Crippen MR) is 81.8 cm³/mol. The minimum atomic E-state index is -0.518. The summed E-state index contributed by atoms with van der Waals surface area (Å²) in [6.45, 7) is 2.25. The fraction of sp³-hybridized carbons (Fsp3) is 0.286. The molecule has 0 saturated heterocycles. The summed E-state index contributed by atoms with van der Waals surface area (Å²) < 4.78 is 5.63. The summed E-state index contributed by atoms with van der Waals surface area (Å²) >= 11 is 0. The first-order chi connectivity index (χ1) is 8.36. The van der Waals surface area contributed by atoms with Gasteiger partial charge in [-0.25, -0.2) is 0 Å². The fourth-order valence-electron chi connectivity index (χ4n) is 2.30. The lowest BCUT2D eigenvalue weighted by molar-refractivity contribution is 0.676. The molecule has 3 heteroatoms. The Balaban J connectivity index is 2.47. The smallest absolute Gasteiger partial charge is 0.178 e. The molecule has 1 nitrogen and oxygen atoms in total. The van der Waals surface area contributed by atoms with Gasteiger partial charge in [0.15, 0.2) is 9.76 Å². The van der Waals surface area contributed by atoms with Gasteiger partial charge in [-0.15, -0.1) is 0 Å². The van der Waals surface area contributed by atoms with Crippen LogP contribution in [0.25, 0.3) is 10.8 Å². The Morgan fingerprint density at radius 1 is 1.18 bits per heavy atom. The van der Waals surface area contributed by atoms with E-state index < -0.39 is 9.76 Å². The highest BCUT2D eigenvalue weighted by Gasteiger charge is 2.07. The standard InChI is InChI=1S/C14H20OSi2/c1-2-3-6-12-10-9-11-7-4-5-8-13(11)14(12)17-15-16/h4-5,7-10H,2-3,6,17H2,1,16H3. The molecule has 2 aromatic rings. The second-order valence-corrected chi connectivity index (χ2v) is 7.77. The summed E-state index contributed by atoms with van der Waals surface area (Å²) in [5.41, 5.74) is 1.52. The van der Waals surface area contributed by atoms with Gasteiger partial charge in [-0.3, -0.25) is 0 Å². The van der Waals surface area contributed by atoms with E-state index in [4.69, 9.17) is 4.12 Å². The van der Waals surface area contributed by atoms with E-state index >= 15 is 0 Å². The van der Waals surface area contributed by atoms with E-state index in [0.717, 1.165) is 10.5 Å². The van der Waals surface area contributed by atoms with Crippen LogP contribution in [-0.2, 0) is 10.5 Å². The third-order valence-electron chi connectivity index (χ3n) is 3.23. The molecule has 0 N–H and O–H groups in total. The highest BCUT2D eigenvalue weighted by Crippen LogP contribution is 2.15. The van der Waals surface area contributed by atoms with Gasteiger partial charge in [0.25, 0.3) is 0 Å². The van der Waals surface area contributed by atoms with Crippen molar-refractivity contribution in [1.82, 2.24) is 0 Å². The van der Waals surface area contributed by atoms with Crippen molar-refractivity contribution in [2.24, 2.45) is 0 Å². The first-order valence-corrected chi connectivity index (χ1v) is 8.45. The third kappa shape index (κ3) is 2.86. The summed E-state index contributed by atoms with van der Waals surface area (Å²) in [6.07, 6.45) is 3.74. The molecule has 90 valence electrons. The Hall–Kier alpha value is -0.906. The molecule has 2 aromatic carbocycles. The normalized spacial score (nSPS) is 11.8. The van der Waals surface area contributed by atoms with Gasteiger partial charge in [0.05, 0.1) is 0 Å². The summed E-state index contributed by atoms with van der Waals surface area (Å²) in [7, 11) is 0.346. The second kappa shape index (κ2) is 6.14. The number of fused-ring (bicyclic) bond motifs is 1. The summed E-state index contributed by atoms with van der Waals surface area (Å²) in [5.74, 6) is 0. The number of unbranched alkanes of at least 4 members (excludes halogenated alkanes) is 1. The van der Waals surface area contributed by atoms with Crippen molar-refractivity contribution in [3.63, 3.8) is 0 Å². The summed E-state index contributed by atoms with van der Waals surface area (Å²) in [6, 6.07) is 13.3. The van der Waals surface area contributed by atoms with Crippen LogP contribution in [0.3, 0.4) is 0 Å². The fourth-order valence-corrected chi connectivity index (χ4v) is 4.41. The average Bonchev–Trinajstić information content (AvgIpc) is 2.38. The summed E-state index contributed by atoms with van der Waals surface area (Å²) in [5, 5.41) is 4.31. The van der Waals surface area contributed by atoms with E-state index in [9.17, 15) is 0 Å². The molecule has 0 spiro atoms. The first kappa shape index (κ1) is 12.5. The number of aryl methyl sites for hydroxylation is 1. The predicted octanol–water partition coefficient (Wildman–Crippen LogP) is 1.19. The number of hydrogen-bond acceptors (Lipinski definition) is 1. The van der Waals surface area contributed by atoms with Crippen molar-refractivity contribution in [1.29, 1.82) is 0 Å². The SMILES string of the molecule is CCCCc1ccc2ccccc2c1[SiH2]O[SiH3]. The number of benzene rings is 2. The van der Waals surface area contributed by atoms with Crippen LogP contribution >= 0.6 is 0 Å². The molecule has 0 aliphatic carbocycles. The maximum absolute atomic E-state index is 5.63. The van der Waals surface area contributed by atoms with Crippen molar-refractivity contribution in [3.05, 3.63) is 42.0 Å². The highest BCUT2D eigenvalue weighted by molar-refractivity contribution is 6.55. The number of rotatable bonds is 5. The largest absolute Gasteiger partial charge is 0.465 e. The maximum Gasteiger partial charge on any atom is 0.178 e. The molecule has 17 heavy (non-hydrogen) atoms. The van der Waals surface area contributed by atoms with E-state index in [-0.39, 0.29) is 0 Å². The zero-order chi connectivity index (χ0) is 12.1. The Bertz CT molecular complexity index is 497. The van der Waals surface area contributed by atoms with E-state index in [1.54, 1.807) is 0 Å². The number of hydrogen-bond donors (Lipinski definition) is 0. The van der Waals surface area contributed by atoms with E-state index in [2.05, 4.69) is 43.3 Å². The zero-order valence-corrected chi connectivity index (χ0v) is 14.1. The van der Waals surface area contributed by atoms with Gasteiger partial charge < -0.3 is 4.12 Å². The maximum atomic E-state index is 5.63. The Kier molecular flexibility index (Phi) is 4.53. The van der Waals surface area contributed by atoms with Gasteiger partial charge in [0.1, 0.15) is 10.5 Å². The van der Waals surface area contributed by atoms with Crippen LogP contribution in [0, 0.1) is 0 Å².